The number of thiazole rings is 1. The molecule has 4 rings (SSSR count). The third-order valence-electron chi connectivity index (χ3n) is 3.66. The minimum absolute atomic E-state index is 0.554. The maximum absolute atomic E-state index is 12.6. The molecule has 0 amide bonds. The summed E-state index contributed by atoms with van der Waals surface area (Å²) >= 11 is 1.58. The van der Waals surface area contributed by atoms with E-state index in [2.05, 4.69) is 19.8 Å². The Labute approximate surface area is 150 Å². The summed E-state index contributed by atoms with van der Waals surface area (Å²) in [5, 5.41) is 4.74. The van der Waals surface area contributed by atoms with Crippen LogP contribution in [0.25, 0.3) is 20.8 Å². The number of nitrogens with one attached hydrogen (secondary N) is 1. The molecule has 1 unspecified atom stereocenters. The molecular weight excluding hydrogens is 356 g/mol. The first-order chi connectivity index (χ1) is 12.1. The average Bonchev–Trinajstić information content (AvgIpc) is 3.18. The first-order valence-corrected chi connectivity index (χ1v) is 9.51. The second kappa shape index (κ2) is 6.38. The minimum Gasteiger partial charge on any atom is -0.360 e. The number of nitrogens with zero attached hydrogens (tertiary/aromatic N) is 3. The molecule has 0 bridgehead atoms. The van der Waals surface area contributed by atoms with Gasteiger partial charge >= 0.3 is 0 Å². The van der Waals surface area contributed by atoms with E-state index in [4.69, 9.17) is 4.52 Å². The summed E-state index contributed by atoms with van der Waals surface area (Å²) in [5.41, 5.74) is 3.25. The molecule has 8 heteroatoms. The van der Waals surface area contributed by atoms with Crippen molar-refractivity contribution >= 4 is 38.2 Å². The zero-order valence-electron chi connectivity index (χ0n) is 13.5. The fourth-order valence-corrected chi connectivity index (χ4v) is 4.49. The predicted molar refractivity (Wildman–Crippen MR) is 98.9 cm³/mol. The summed E-state index contributed by atoms with van der Waals surface area (Å²) in [6, 6.07) is 9.58. The van der Waals surface area contributed by atoms with E-state index in [1.165, 1.54) is 0 Å². The van der Waals surface area contributed by atoms with E-state index in [1.807, 2.05) is 36.5 Å². The zero-order chi connectivity index (χ0) is 17.4. The quantitative estimate of drug-likeness (QED) is 0.585. The second-order valence-electron chi connectivity index (χ2n) is 5.47. The Morgan fingerprint density at radius 2 is 2.12 bits per heavy atom. The number of pyridine rings is 1. The normalized spacial score (nSPS) is 12.4. The number of aromatic nitrogens is 3. The van der Waals surface area contributed by atoms with Crippen LogP contribution >= 0.6 is 11.3 Å². The highest BCUT2D eigenvalue weighted by molar-refractivity contribution is 7.86. The molecule has 3 heterocycles. The van der Waals surface area contributed by atoms with Crippen LogP contribution in [0.5, 0.6) is 0 Å². The van der Waals surface area contributed by atoms with Gasteiger partial charge in [-0.05, 0) is 32.0 Å². The van der Waals surface area contributed by atoms with Crippen LogP contribution < -0.4 is 4.72 Å². The maximum Gasteiger partial charge on any atom is 0.155 e. The molecule has 126 valence electrons. The van der Waals surface area contributed by atoms with Crippen molar-refractivity contribution in [2.75, 3.05) is 4.72 Å². The Balaban J connectivity index is 1.64. The van der Waals surface area contributed by atoms with Crippen LogP contribution in [0.1, 0.15) is 11.5 Å². The van der Waals surface area contributed by atoms with Gasteiger partial charge in [-0.25, -0.2) is 9.19 Å². The van der Waals surface area contributed by atoms with Crippen LogP contribution in [-0.4, -0.2) is 19.3 Å². The molecule has 25 heavy (non-hydrogen) atoms. The highest BCUT2D eigenvalue weighted by Gasteiger charge is 2.16. The molecule has 0 aliphatic carbocycles. The van der Waals surface area contributed by atoms with Gasteiger partial charge in [0.2, 0.25) is 0 Å². The van der Waals surface area contributed by atoms with Crippen LogP contribution in [0.2, 0.25) is 0 Å². The summed E-state index contributed by atoms with van der Waals surface area (Å²) in [4.78, 5) is 9.34. The van der Waals surface area contributed by atoms with Gasteiger partial charge in [0, 0.05) is 23.6 Å². The Kier molecular flexibility index (Phi) is 4.06. The molecule has 1 N–H and O–H groups in total. The van der Waals surface area contributed by atoms with Crippen molar-refractivity contribution in [1.29, 1.82) is 0 Å². The van der Waals surface area contributed by atoms with Gasteiger partial charge in [-0.15, -0.1) is 11.3 Å². The number of benzene rings is 1. The molecule has 0 aliphatic heterocycles. The van der Waals surface area contributed by atoms with Crippen LogP contribution in [-0.2, 0) is 11.0 Å². The molecule has 3 aromatic heterocycles. The van der Waals surface area contributed by atoms with Crippen LogP contribution in [0, 0.1) is 13.8 Å². The summed E-state index contributed by atoms with van der Waals surface area (Å²) < 4.78 is 21.7. The Hall–Kier alpha value is -2.58. The van der Waals surface area contributed by atoms with E-state index < -0.39 is 11.0 Å². The second-order valence-corrected chi connectivity index (χ2v) is 7.65. The van der Waals surface area contributed by atoms with Gasteiger partial charge in [0.05, 0.1) is 15.9 Å². The van der Waals surface area contributed by atoms with Crippen molar-refractivity contribution in [3.63, 3.8) is 0 Å². The van der Waals surface area contributed by atoms with E-state index in [1.54, 1.807) is 31.4 Å². The molecule has 1 aromatic carbocycles. The van der Waals surface area contributed by atoms with Crippen molar-refractivity contribution in [2.24, 2.45) is 0 Å². The van der Waals surface area contributed by atoms with Gasteiger partial charge in [0.15, 0.2) is 16.7 Å². The van der Waals surface area contributed by atoms with Gasteiger partial charge in [-0.3, -0.25) is 4.98 Å². The lowest BCUT2D eigenvalue weighted by molar-refractivity contribution is 0.391. The highest BCUT2D eigenvalue weighted by atomic mass is 32.2. The topological polar surface area (TPSA) is 80.9 Å². The molecule has 6 nitrogen and oxygen atoms in total. The number of aryl methyl sites for hydroxylation is 2. The fraction of sp³-hybridized carbons (Fsp3) is 0.118. The number of hydrogen-bond donors (Lipinski definition) is 1. The summed E-state index contributed by atoms with van der Waals surface area (Å²) in [7, 11) is -1.44. The Morgan fingerprint density at radius 1 is 1.24 bits per heavy atom. The molecule has 1 atom stereocenters. The largest absolute Gasteiger partial charge is 0.360 e. The number of fused-ring (bicyclic) bond motifs is 1. The Bertz CT molecular complexity index is 1030. The predicted octanol–water partition coefficient (Wildman–Crippen LogP) is 4.10. The van der Waals surface area contributed by atoms with Crippen LogP contribution in [0.3, 0.4) is 0 Å². The number of anilines is 1. The van der Waals surface area contributed by atoms with Crippen molar-refractivity contribution in [3.8, 4) is 10.6 Å². The van der Waals surface area contributed by atoms with Crippen LogP contribution in [0.4, 0.5) is 5.69 Å². The summed E-state index contributed by atoms with van der Waals surface area (Å²) in [6.45, 7) is 3.53. The third kappa shape index (κ3) is 3.06. The molecule has 0 saturated carbocycles. The van der Waals surface area contributed by atoms with Crippen molar-refractivity contribution in [3.05, 3.63) is 54.2 Å². The summed E-state index contributed by atoms with van der Waals surface area (Å²) in [6.07, 6.45) is 3.54. The lowest BCUT2D eigenvalue weighted by Gasteiger charge is -2.06. The van der Waals surface area contributed by atoms with Gasteiger partial charge in [-0.2, -0.15) is 0 Å². The average molecular weight is 370 g/mol. The molecule has 0 spiro atoms. The monoisotopic (exact) mass is 370 g/mol. The standard InChI is InChI=1S/C17H14N4O2S2/c1-10-16(11(2)23-20-10)25(22)21-13-5-3-4-12(8-13)17-19-14-6-7-18-9-15(14)24-17/h3-9,21H,1-2H3. The molecule has 0 radical (unpaired) electrons. The van der Waals surface area contributed by atoms with Crippen molar-refractivity contribution in [1.82, 2.24) is 15.1 Å². The maximum atomic E-state index is 12.6. The van der Waals surface area contributed by atoms with Gasteiger partial charge in [0.1, 0.15) is 9.90 Å². The third-order valence-corrected chi connectivity index (χ3v) is 6.09. The smallest absolute Gasteiger partial charge is 0.155 e. The number of rotatable bonds is 4. The summed E-state index contributed by atoms with van der Waals surface area (Å²) in [5.74, 6) is 0.554. The lowest BCUT2D eigenvalue weighted by atomic mass is 10.2. The van der Waals surface area contributed by atoms with E-state index >= 15 is 0 Å². The first-order valence-electron chi connectivity index (χ1n) is 7.54. The molecule has 0 fully saturated rings. The van der Waals surface area contributed by atoms with Crippen molar-refractivity contribution < 1.29 is 8.73 Å². The van der Waals surface area contributed by atoms with E-state index in [-0.39, 0.29) is 0 Å². The van der Waals surface area contributed by atoms with E-state index in [9.17, 15) is 4.21 Å². The first kappa shape index (κ1) is 15.9. The van der Waals surface area contributed by atoms with E-state index in [0.29, 0.717) is 16.3 Å². The Morgan fingerprint density at radius 3 is 2.88 bits per heavy atom. The lowest BCUT2D eigenvalue weighted by Crippen LogP contribution is -2.06. The molecule has 0 saturated heterocycles. The van der Waals surface area contributed by atoms with Crippen LogP contribution in [0.15, 0.2) is 52.1 Å². The SMILES string of the molecule is Cc1noc(C)c1S(=O)Nc1cccc(-c2nc3ccncc3s2)c1. The van der Waals surface area contributed by atoms with Gasteiger partial charge in [-0.1, -0.05) is 17.3 Å². The van der Waals surface area contributed by atoms with Gasteiger partial charge in [0.25, 0.3) is 0 Å². The van der Waals surface area contributed by atoms with E-state index in [0.717, 1.165) is 26.5 Å². The minimum atomic E-state index is -1.44. The fourth-order valence-electron chi connectivity index (χ4n) is 2.52. The zero-order valence-corrected chi connectivity index (χ0v) is 15.1. The molecule has 4 aromatic rings. The molecular formula is C17H14N4O2S2. The number of hydrogen-bond acceptors (Lipinski definition) is 6. The highest BCUT2D eigenvalue weighted by Crippen LogP contribution is 2.31. The molecule has 0 aliphatic rings. The van der Waals surface area contributed by atoms with Crippen molar-refractivity contribution in [2.45, 2.75) is 18.7 Å². The van der Waals surface area contributed by atoms with Gasteiger partial charge < -0.3 is 9.25 Å².